The van der Waals surface area contributed by atoms with E-state index in [1.54, 1.807) is 17.0 Å². The van der Waals surface area contributed by atoms with Crippen LogP contribution in [0.2, 0.25) is 5.02 Å². The summed E-state index contributed by atoms with van der Waals surface area (Å²) in [6.45, 7) is 8.74. The maximum atomic E-state index is 13.3. The predicted octanol–water partition coefficient (Wildman–Crippen LogP) is 4.44. The van der Waals surface area contributed by atoms with Gasteiger partial charge in [-0.1, -0.05) is 54.4 Å². The number of likely N-dealkylation sites (N-methyl/N-ethyl adjacent to an activating group) is 1. The fourth-order valence-corrected chi connectivity index (χ4v) is 3.38. The zero-order valence-corrected chi connectivity index (χ0v) is 17.8. The van der Waals surface area contributed by atoms with Crippen LogP contribution in [0.4, 0.5) is 0 Å². The zero-order valence-electron chi connectivity index (χ0n) is 17.1. The number of rotatable bonds is 8. The summed E-state index contributed by atoms with van der Waals surface area (Å²) in [5, 5.41) is 3.50. The number of aryl methyl sites for hydroxylation is 2. The zero-order chi connectivity index (χ0) is 20.7. The van der Waals surface area contributed by atoms with Gasteiger partial charge in [-0.25, -0.2) is 0 Å². The second kappa shape index (κ2) is 10.3. The first-order valence-electron chi connectivity index (χ1n) is 9.73. The summed E-state index contributed by atoms with van der Waals surface area (Å²) in [5.41, 5.74) is 4.14. The highest BCUT2D eigenvalue weighted by molar-refractivity contribution is 6.30. The minimum Gasteiger partial charge on any atom is -0.355 e. The van der Waals surface area contributed by atoms with Crippen molar-refractivity contribution in [2.45, 2.75) is 53.1 Å². The maximum Gasteiger partial charge on any atom is 0.242 e. The molecule has 0 aromatic heterocycles. The highest BCUT2D eigenvalue weighted by Gasteiger charge is 2.28. The van der Waals surface area contributed by atoms with Crippen LogP contribution in [0.25, 0.3) is 0 Å². The first kappa shape index (κ1) is 22.0. The van der Waals surface area contributed by atoms with Crippen LogP contribution in [-0.4, -0.2) is 29.3 Å². The lowest BCUT2D eigenvalue weighted by atomic mass is 10.0. The highest BCUT2D eigenvalue weighted by Crippen LogP contribution is 2.18. The smallest absolute Gasteiger partial charge is 0.242 e. The van der Waals surface area contributed by atoms with Gasteiger partial charge in [0, 0.05) is 18.1 Å². The molecule has 4 nitrogen and oxygen atoms in total. The lowest BCUT2D eigenvalue weighted by Gasteiger charge is -2.31. The summed E-state index contributed by atoms with van der Waals surface area (Å²) in [6.07, 6.45) is 0.828. The molecule has 2 rings (SSSR count). The molecule has 150 valence electrons. The van der Waals surface area contributed by atoms with Crippen molar-refractivity contribution >= 4 is 23.4 Å². The molecule has 0 unspecified atom stereocenters. The second-order valence-electron chi connectivity index (χ2n) is 7.07. The standard InChI is InChI=1S/C23H29ClN2O2/c1-5-21(23(28)25-6-2)26(15-18-9-11-20(24)12-10-18)22(27)14-19-13-16(3)7-8-17(19)4/h7-13,21H,5-6,14-15H2,1-4H3,(H,25,28)/t21-/m0/s1. The van der Waals surface area contributed by atoms with Crippen LogP contribution < -0.4 is 5.32 Å². The van der Waals surface area contributed by atoms with Gasteiger partial charge in [0.05, 0.1) is 6.42 Å². The number of carbonyl (C=O) groups is 2. The molecule has 1 N–H and O–H groups in total. The van der Waals surface area contributed by atoms with E-state index in [2.05, 4.69) is 5.32 Å². The predicted molar refractivity (Wildman–Crippen MR) is 114 cm³/mol. The normalized spacial score (nSPS) is 11.8. The van der Waals surface area contributed by atoms with Crippen LogP contribution in [0.3, 0.4) is 0 Å². The molecule has 0 radical (unpaired) electrons. The van der Waals surface area contributed by atoms with Gasteiger partial charge in [0.25, 0.3) is 0 Å². The van der Waals surface area contributed by atoms with Crippen molar-refractivity contribution < 1.29 is 9.59 Å². The lowest BCUT2D eigenvalue weighted by Crippen LogP contribution is -2.49. The fraction of sp³-hybridized carbons (Fsp3) is 0.391. The number of benzene rings is 2. The fourth-order valence-electron chi connectivity index (χ4n) is 3.25. The summed E-state index contributed by atoms with van der Waals surface area (Å²) < 4.78 is 0. The summed E-state index contributed by atoms with van der Waals surface area (Å²) in [4.78, 5) is 27.6. The molecular formula is C23H29ClN2O2. The van der Waals surface area contributed by atoms with E-state index in [0.29, 0.717) is 24.5 Å². The molecule has 2 aromatic carbocycles. The van der Waals surface area contributed by atoms with Crippen LogP contribution in [0.15, 0.2) is 42.5 Å². The van der Waals surface area contributed by atoms with Gasteiger partial charge in [0.15, 0.2) is 0 Å². The Bertz CT molecular complexity index is 818. The van der Waals surface area contributed by atoms with Gasteiger partial charge >= 0.3 is 0 Å². The van der Waals surface area contributed by atoms with Gasteiger partial charge in [-0.3, -0.25) is 9.59 Å². The molecule has 0 saturated heterocycles. The molecule has 5 heteroatoms. The Kier molecular flexibility index (Phi) is 8.06. The van der Waals surface area contributed by atoms with E-state index in [1.165, 1.54) is 0 Å². The number of hydrogen-bond acceptors (Lipinski definition) is 2. The molecule has 0 aliphatic heterocycles. The van der Waals surface area contributed by atoms with Crippen molar-refractivity contribution in [2.24, 2.45) is 0 Å². The van der Waals surface area contributed by atoms with Gasteiger partial charge in [-0.15, -0.1) is 0 Å². The molecule has 1 atom stereocenters. The Labute approximate surface area is 172 Å². The third kappa shape index (κ3) is 5.83. The van der Waals surface area contributed by atoms with Crippen LogP contribution in [-0.2, 0) is 22.6 Å². The van der Waals surface area contributed by atoms with Crippen LogP contribution in [0.5, 0.6) is 0 Å². The van der Waals surface area contributed by atoms with E-state index in [9.17, 15) is 9.59 Å². The van der Waals surface area contributed by atoms with E-state index in [1.807, 2.05) is 58.0 Å². The average Bonchev–Trinajstić information content (AvgIpc) is 2.66. The average molecular weight is 401 g/mol. The van der Waals surface area contributed by atoms with Gasteiger partial charge in [-0.05, 0) is 56.0 Å². The molecule has 0 aliphatic rings. The molecule has 0 spiro atoms. The maximum absolute atomic E-state index is 13.3. The summed E-state index contributed by atoms with van der Waals surface area (Å²) >= 11 is 5.99. The van der Waals surface area contributed by atoms with Crippen molar-refractivity contribution in [3.63, 3.8) is 0 Å². The monoisotopic (exact) mass is 400 g/mol. The summed E-state index contributed by atoms with van der Waals surface area (Å²) in [5.74, 6) is -0.171. The van der Waals surface area contributed by atoms with Gasteiger partial charge in [-0.2, -0.15) is 0 Å². The molecular weight excluding hydrogens is 372 g/mol. The van der Waals surface area contributed by atoms with Gasteiger partial charge in [0.1, 0.15) is 6.04 Å². The number of amides is 2. The first-order chi connectivity index (χ1) is 13.3. The Hall–Kier alpha value is -2.33. The molecule has 0 bridgehead atoms. The minimum atomic E-state index is -0.506. The Morgan fingerprint density at radius 3 is 2.36 bits per heavy atom. The number of nitrogens with one attached hydrogen (secondary N) is 1. The topological polar surface area (TPSA) is 49.4 Å². The quantitative estimate of drug-likeness (QED) is 0.711. The molecule has 0 saturated carbocycles. The molecule has 0 heterocycles. The number of nitrogens with zero attached hydrogens (tertiary/aromatic N) is 1. The number of hydrogen-bond donors (Lipinski definition) is 1. The molecule has 2 aromatic rings. The molecule has 0 aliphatic carbocycles. The lowest BCUT2D eigenvalue weighted by molar-refractivity contribution is -0.140. The third-order valence-electron chi connectivity index (χ3n) is 4.85. The molecule has 2 amide bonds. The van der Waals surface area contributed by atoms with E-state index in [0.717, 1.165) is 22.3 Å². The Morgan fingerprint density at radius 1 is 1.07 bits per heavy atom. The van der Waals surface area contributed by atoms with E-state index in [-0.39, 0.29) is 18.2 Å². The van der Waals surface area contributed by atoms with Gasteiger partial charge < -0.3 is 10.2 Å². The van der Waals surface area contributed by atoms with Gasteiger partial charge in [0.2, 0.25) is 11.8 Å². The van der Waals surface area contributed by atoms with E-state index in [4.69, 9.17) is 11.6 Å². The molecule has 28 heavy (non-hydrogen) atoms. The largest absolute Gasteiger partial charge is 0.355 e. The second-order valence-corrected chi connectivity index (χ2v) is 7.51. The number of halogens is 1. The van der Waals surface area contributed by atoms with Crippen molar-refractivity contribution in [3.05, 3.63) is 69.7 Å². The van der Waals surface area contributed by atoms with Crippen molar-refractivity contribution in [1.29, 1.82) is 0 Å². The van der Waals surface area contributed by atoms with Crippen LogP contribution in [0, 0.1) is 13.8 Å². The number of carbonyl (C=O) groups excluding carboxylic acids is 2. The minimum absolute atomic E-state index is 0.0539. The SMILES string of the molecule is CCNC(=O)[C@H](CC)N(Cc1ccc(Cl)cc1)C(=O)Cc1cc(C)ccc1C. The van der Waals surface area contributed by atoms with E-state index >= 15 is 0 Å². The first-order valence-corrected chi connectivity index (χ1v) is 10.1. The highest BCUT2D eigenvalue weighted by atomic mass is 35.5. The Balaban J connectivity index is 2.32. The van der Waals surface area contributed by atoms with Crippen molar-refractivity contribution in [3.8, 4) is 0 Å². The Morgan fingerprint density at radius 2 is 1.75 bits per heavy atom. The summed E-state index contributed by atoms with van der Waals surface area (Å²) in [6, 6.07) is 13.0. The third-order valence-corrected chi connectivity index (χ3v) is 5.10. The van der Waals surface area contributed by atoms with Crippen LogP contribution in [0.1, 0.15) is 42.5 Å². The van der Waals surface area contributed by atoms with Crippen molar-refractivity contribution in [1.82, 2.24) is 10.2 Å². The van der Waals surface area contributed by atoms with Crippen LogP contribution >= 0.6 is 11.6 Å². The van der Waals surface area contributed by atoms with Crippen molar-refractivity contribution in [2.75, 3.05) is 6.54 Å². The molecule has 0 fully saturated rings. The van der Waals surface area contributed by atoms with E-state index < -0.39 is 6.04 Å². The summed E-state index contributed by atoms with van der Waals surface area (Å²) in [7, 11) is 0.